The number of carbonyl (C=O) groups is 2. The number of amides is 2. The van der Waals surface area contributed by atoms with E-state index in [1.54, 1.807) is 4.72 Å². The van der Waals surface area contributed by atoms with E-state index in [1.165, 1.54) is 20.3 Å². The van der Waals surface area contributed by atoms with E-state index in [0.29, 0.717) is 0 Å². The minimum absolute atomic E-state index is 0.0813. The van der Waals surface area contributed by atoms with E-state index >= 15 is 0 Å². The van der Waals surface area contributed by atoms with Crippen LogP contribution in [0.5, 0.6) is 11.8 Å². The highest BCUT2D eigenvalue weighted by molar-refractivity contribution is 7.90. The van der Waals surface area contributed by atoms with Gasteiger partial charge in [0.1, 0.15) is 4.90 Å². The van der Waals surface area contributed by atoms with Crippen molar-refractivity contribution in [3.05, 3.63) is 24.2 Å². The van der Waals surface area contributed by atoms with Gasteiger partial charge in [-0.15, -0.1) is 0 Å². The number of methoxy groups -OCH3 is 3. The van der Waals surface area contributed by atoms with Crippen LogP contribution in [0.3, 0.4) is 0 Å². The number of anilines is 1. The molecule has 2 heterocycles. The maximum Gasteiger partial charge on any atom is 0.375 e. The quantitative estimate of drug-likeness (QED) is 0.665. The zero-order valence-corrected chi connectivity index (χ0v) is 14.6. The van der Waals surface area contributed by atoms with Crippen molar-refractivity contribution in [2.45, 2.75) is 4.90 Å². The molecular formula is C13H14N4O8S. The van der Waals surface area contributed by atoms with Gasteiger partial charge in [-0.25, -0.2) is 22.7 Å². The number of carbonyl (C=O) groups excluding carboxylic acids is 2. The van der Waals surface area contributed by atoms with Crippen LogP contribution in [-0.2, 0) is 14.8 Å². The highest BCUT2D eigenvalue weighted by atomic mass is 32.2. The first-order chi connectivity index (χ1) is 12.3. The molecule has 0 saturated heterocycles. The number of esters is 1. The van der Waals surface area contributed by atoms with Crippen molar-refractivity contribution >= 4 is 28.0 Å². The Bertz CT molecular complexity index is 902. The molecule has 2 aromatic rings. The summed E-state index contributed by atoms with van der Waals surface area (Å²) in [5, 5.41) is 2.11. The Balaban J connectivity index is 2.20. The topological polar surface area (TPSA) is 159 Å². The summed E-state index contributed by atoms with van der Waals surface area (Å²) in [4.78, 5) is 30.5. The van der Waals surface area contributed by atoms with Crippen LogP contribution in [0, 0.1) is 0 Å². The van der Waals surface area contributed by atoms with E-state index in [-0.39, 0.29) is 17.7 Å². The largest absolute Gasteiger partial charge is 0.481 e. The second-order valence-corrected chi connectivity index (χ2v) is 6.09. The molecular weight excluding hydrogens is 372 g/mol. The molecule has 0 radical (unpaired) electrons. The zero-order valence-electron chi connectivity index (χ0n) is 13.8. The van der Waals surface area contributed by atoms with Crippen LogP contribution in [0.2, 0.25) is 0 Å². The maximum absolute atomic E-state index is 12.3. The molecule has 0 aliphatic carbocycles. The summed E-state index contributed by atoms with van der Waals surface area (Å²) in [5.41, 5.74) is 0. The summed E-state index contributed by atoms with van der Waals surface area (Å²) >= 11 is 0. The number of hydrogen-bond donors (Lipinski definition) is 2. The van der Waals surface area contributed by atoms with E-state index in [2.05, 4.69) is 20.0 Å². The minimum atomic E-state index is -4.43. The highest BCUT2D eigenvalue weighted by Crippen LogP contribution is 2.19. The van der Waals surface area contributed by atoms with Crippen LogP contribution in [0.1, 0.15) is 10.6 Å². The second kappa shape index (κ2) is 7.69. The Morgan fingerprint density at radius 2 is 1.73 bits per heavy atom. The van der Waals surface area contributed by atoms with Crippen LogP contribution >= 0.6 is 0 Å². The molecule has 0 spiro atoms. The van der Waals surface area contributed by atoms with Gasteiger partial charge in [0.15, 0.2) is 0 Å². The molecule has 13 heteroatoms. The van der Waals surface area contributed by atoms with Crippen LogP contribution in [0.15, 0.2) is 27.7 Å². The number of urea groups is 1. The van der Waals surface area contributed by atoms with Crippen LogP contribution in [-0.4, -0.2) is 51.7 Å². The fourth-order valence-electron chi connectivity index (χ4n) is 1.72. The van der Waals surface area contributed by atoms with Gasteiger partial charge in [-0.3, -0.25) is 5.32 Å². The first kappa shape index (κ1) is 19.0. The van der Waals surface area contributed by atoms with Crippen LogP contribution < -0.4 is 19.5 Å². The third kappa shape index (κ3) is 4.18. The maximum atomic E-state index is 12.3. The number of rotatable bonds is 6. The fourth-order valence-corrected chi connectivity index (χ4v) is 2.74. The normalized spacial score (nSPS) is 10.7. The van der Waals surface area contributed by atoms with E-state index in [1.807, 2.05) is 0 Å². The average Bonchev–Trinajstić information content (AvgIpc) is 3.10. The summed E-state index contributed by atoms with van der Waals surface area (Å²) in [5.74, 6) is -1.70. The average molecular weight is 386 g/mol. The third-order valence-corrected chi connectivity index (χ3v) is 4.19. The molecule has 0 unspecified atom stereocenters. The lowest BCUT2D eigenvalue weighted by Gasteiger charge is -2.09. The lowest BCUT2D eigenvalue weighted by atomic mass is 10.4. The van der Waals surface area contributed by atoms with Gasteiger partial charge in [0.2, 0.25) is 23.5 Å². The molecule has 0 fully saturated rings. The van der Waals surface area contributed by atoms with Crippen molar-refractivity contribution in [2.24, 2.45) is 0 Å². The molecule has 0 aliphatic rings. The monoisotopic (exact) mass is 386 g/mol. The molecule has 2 N–H and O–H groups in total. The van der Waals surface area contributed by atoms with Gasteiger partial charge in [-0.05, 0) is 6.07 Å². The van der Waals surface area contributed by atoms with Gasteiger partial charge in [-0.2, -0.15) is 9.97 Å². The van der Waals surface area contributed by atoms with Gasteiger partial charge in [-0.1, -0.05) is 0 Å². The smallest absolute Gasteiger partial charge is 0.375 e. The third-order valence-electron chi connectivity index (χ3n) is 2.84. The predicted molar refractivity (Wildman–Crippen MR) is 84.5 cm³/mol. The van der Waals surface area contributed by atoms with E-state index < -0.39 is 32.7 Å². The Hall–Kier alpha value is -3.35. The van der Waals surface area contributed by atoms with Crippen molar-refractivity contribution in [3.63, 3.8) is 0 Å². The number of nitrogens with zero attached hydrogens (tertiary/aromatic N) is 2. The summed E-state index contributed by atoms with van der Waals surface area (Å²) in [6.07, 6.45) is 0.967. The second-order valence-electron chi connectivity index (χ2n) is 4.44. The Morgan fingerprint density at radius 3 is 2.27 bits per heavy atom. The van der Waals surface area contributed by atoms with E-state index in [0.717, 1.165) is 19.4 Å². The Morgan fingerprint density at radius 1 is 1.12 bits per heavy atom. The molecule has 2 aromatic heterocycles. The molecule has 0 bridgehead atoms. The van der Waals surface area contributed by atoms with Crippen LogP contribution in [0.25, 0.3) is 0 Å². The molecule has 0 atom stereocenters. The molecule has 140 valence electrons. The molecule has 26 heavy (non-hydrogen) atoms. The van der Waals surface area contributed by atoms with Crippen molar-refractivity contribution in [3.8, 4) is 11.8 Å². The lowest BCUT2D eigenvalue weighted by Crippen LogP contribution is -2.35. The molecule has 12 nitrogen and oxygen atoms in total. The van der Waals surface area contributed by atoms with Gasteiger partial charge in [0, 0.05) is 0 Å². The van der Waals surface area contributed by atoms with Crippen molar-refractivity contribution in [2.75, 3.05) is 26.6 Å². The van der Waals surface area contributed by atoms with Crippen molar-refractivity contribution < 1.29 is 36.6 Å². The van der Waals surface area contributed by atoms with E-state index in [4.69, 9.17) is 13.9 Å². The first-order valence-electron chi connectivity index (χ1n) is 6.77. The fraction of sp³-hybridized carbons (Fsp3) is 0.231. The van der Waals surface area contributed by atoms with Crippen LogP contribution in [0.4, 0.5) is 10.7 Å². The summed E-state index contributed by atoms with van der Waals surface area (Å²) in [6.45, 7) is 0. The number of nitrogens with one attached hydrogen (secondary N) is 2. The van der Waals surface area contributed by atoms with Gasteiger partial charge >= 0.3 is 12.0 Å². The Kier molecular flexibility index (Phi) is 5.61. The molecule has 0 aliphatic heterocycles. The number of ether oxygens (including phenoxy) is 3. The zero-order chi connectivity index (χ0) is 19.3. The highest BCUT2D eigenvalue weighted by Gasteiger charge is 2.28. The lowest BCUT2D eigenvalue weighted by molar-refractivity contribution is 0.0559. The molecule has 2 rings (SSSR count). The Labute approximate surface area is 147 Å². The number of sulfonamides is 1. The number of aromatic nitrogens is 2. The van der Waals surface area contributed by atoms with Gasteiger partial charge in [0.05, 0.1) is 33.7 Å². The molecule has 0 aromatic carbocycles. The molecule has 0 saturated carbocycles. The van der Waals surface area contributed by atoms with Crippen molar-refractivity contribution in [1.29, 1.82) is 0 Å². The number of hydrogen-bond acceptors (Lipinski definition) is 10. The summed E-state index contributed by atoms with van der Waals surface area (Å²) in [7, 11) is -0.704. The first-order valence-corrected chi connectivity index (χ1v) is 8.25. The van der Waals surface area contributed by atoms with Gasteiger partial charge < -0.3 is 18.6 Å². The summed E-state index contributed by atoms with van der Waals surface area (Å²) < 4.78 is 45.2. The van der Waals surface area contributed by atoms with Gasteiger partial charge in [0.25, 0.3) is 10.0 Å². The SMILES string of the molecule is COC(=O)c1occc1S(=O)(=O)NC(=O)Nc1nc(OC)cc(OC)n1. The number of furan rings is 1. The minimum Gasteiger partial charge on any atom is -0.481 e. The summed E-state index contributed by atoms with van der Waals surface area (Å²) in [6, 6.07) is 1.17. The van der Waals surface area contributed by atoms with E-state index in [9.17, 15) is 18.0 Å². The van der Waals surface area contributed by atoms with Crippen molar-refractivity contribution in [1.82, 2.24) is 14.7 Å². The standard InChI is InChI=1S/C13H14N4O8S/c1-22-8-6-9(23-2)15-12(14-8)16-13(19)17-26(20,21)7-4-5-25-10(7)11(18)24-3/h4-6H,1-3H3,(H2,14,15,16,17,19). The predicted octanol–water partition coefficient (Wildman–Crippen LogP) is 0.384. The molecule has 2 amide bonds.